The first-order valence-corrected chi connectivity index (χ1v) is 9.19. The van der Waals surface area contributed by atoms with E-state index in [4.69, 9.17) is 9.47 Å². The fraction of sp³-hybridized carbons (Fsp3) is 0.273. The number of H-pyrrole nitrogens is 1. The van der Waals surface area contributed by atoms with Crippen molar-refractivity contribution in [3.63, 3.8) is 0 Å². The maximum absolute atomic E-state index is 12.3. The first-order chi connectivity index (χ1) is 13.6. The number of carbonyl (C=O) groups excluding carboxylic acids is 1. The molecule has 0 radical (unpaired) electrons. The van der Waals surface area contributed by atoms with E-state index in [1.165, 1.54) is 0 Å². The van der Waals surface area contributed by atoms with Gasteiger partial charge in [0.05, 0.1) is 19.7 Å². The standard InChI is InChI=1S/C22H24N2O4/c1-27-18-9-7-16-13-17(22(26)24-19(16)14-18)11-12-23-21(25)10-8-15-5-3-4-6-20(15)28-2/h3-7,9,13-14H,8,10-12H2,1-2H3,(H,23,25)(H,24,26). The first-order valence-electron chi connectivity index (χ1n) is 9.19. The maximum Gasteiger partial charge on any atom is 0.251 e. The predicted molar refractivity (Wildman–Crippen MR) is 109 cm³/mol. The quantitative estimate of drug-likeness (QED) is 0.630. The normalized spacial score (nSPS) is 10.6. The van der Waals surface area contributed by atoms with Crippen LogP contribution >= 0.6 is 0 Å². The smallest absolute Gasteiger partial charge is 0.251 e. The molecule has 6 heteroatoms. The van der Waals surface area contributed by atoms with Crippen molar-refractivity contribution in [3.8, 4) is 11.5 Å². The molecule has 0 spiro atoms. The fourth-order valence-corrected chi connectivity index (χ4v) is 3.12. The van der Waals surface area contributed by atoms with E-state index in [-0.39, 0.29) is 11.5 Å². The van der Waals surface area contributed by atoms with Crippen LogP contribution in [0.25, 0.3) is 10.9 Å². The van der Waals surface area contributed by atoms with Crippen molar-refractivity contribution in [1.29, 1.82) is 0 Å². The fourth-order valence-electron chi connectivity index (χ4n) is 3.12. The lowest BCUT2D eigenvalue weighted by atomic mass is 10.1. The Morgan fingerprint density at radius 3 is 2.61 bits per heavy atom. The Hall–Kier alpha value is -3.28. The highest BCUT2D eigenvalue weighted by Gasteiger charge is 2.08. The molecule has 0 saturated carbocycles. The van der Waals surface area contributed by atoms with Crippen LogP contribution in [-0.2, 0) is 17.6 Å². The van der Waals surface area contributed by atoms with Gasteiger partial charge in [-0.3, -0.25) is 9.59 Å². The minimum absolute atomic E-state index is 0.0483. The number of aromatic amines is 1. The average Bonchev–Trinajstić information content (AvgIpc) is 2.72. The van der Waals surface area contributed by atoms with Gasteiger partial charge in [-0.05, 0) is 48.1 Å². The Morgan fingerprint density at radius 1 is 1.00 bits per heavy atom. The van der Waals surface area contributed by atoms with Crippen LogP contribution in [0.2, 0.25) is 0 Å². The van der Waals surface area contributed by atoms with Gasteiger partial charge >= 0.3 is 0 Å². The number of aryl methyl sites for hydroxylation is 1. The zero-order chi connectivity index (χ0) is 19.9. The van der Waals surface area contributed by atoms with Gasteiger partial charge in [-0.2, -0.15) is 0 Å². The zero-order valence-corrected chi connectivity index (χ0v) is 16.1. The van der Waals surface area contributed by atoms with E-state index in [1.807, 2.05) is 42.5 Å². The number of nitrogens with one attached hydrogen (secondary N) is 2. The number of carbonyl (C=O) groups is 1. The summed E-state index contributed by atoms with van der Waals surface area (Å²) in [6.07, 6.45) is 1.44. The van der Waals surface area contributed by atoms with E-state index in [1.54, 1.807) is 20.3 Å². The zero-order valence-electron chi connectivity index (χ0n) is 16.1. The maximum atomic E-state index is 12.3. The summed E-state index contributed by atoms with van der Waals surface area (Å²) in [5.41, 5.74) is 2.22. The van der Waals surface area contributed by atoms with E-state index >= 15 is 0 Å². The Labute approximate surface area is 163 Å². The van der Waals surface area contributed by atoms with Gasteiger partial charge in [0.25, 0.3) is 5.56 Å². The van der Waals surface area contributed by atoms with Crippen LogP contribution < -0.4 is 20.3 Å². The molecule has 1 aromatic heterocycles. The number of hydrogen-bond acceptors (Lipinski definition) is 4. The summed E-state index contributed by atoms with van der Waals surface area (Å²) in [7, 11) is 3.21. The van der Waals surface area contributed by atoms with Crippen LogP contribution in [-0.4, -0.2) is 31.7 Å². The molecule has 0 aliphatic carbocycles. The highest BCUT2D eigenvalue weighted by Crippen LogP contribution is 2.19. The van der Waals surface area contributed by atoms with Gasteiger partial charge < -0.3 is 19.8 Å². The molecule has 0 aliphatic rings. The Balaban J connectivity index is 1.55. The van der Waals surface area contributed by atoms with Crippen LogP contribution in [0.15, 0.2) is 53.3 Å². The van der Waals surface area contributed by atoms with E-state index in [0.717, 1.165) is 22.2 Å². The van der Waals surface area contributed by atoms with Crippen molar-refractivity contribution >= 4 is 16.8 Å². The summed E-state index contributed by atoms with van der Waals surface area (Å²) in [5.74, 6) is 1.43. The molecule has 0 bridgehead atoms. The second kappa shape index (κ2) is 9.08. The molecule has 146 valence electrons. The molecule has 0 atom stereocenters. The van der Waals surface area contributed by atoms with Gasteiger partial charge in [0.1, 0.15) is 11.5 Å². The first kappa shape index (κ1) is 19.5. The predicted octanol–water partition coefficient (Wildman–Crippen LogP) is 2.84. The SMILES string of the molecule is COc1ccc2cc(CCNC(=O)CCc3ccccc3OC)c(=O)[nH]c2c1. The number of pyridine rings is 1. The number of para-hydroxylation sites is 1. The van der Waals surface area contributed by atoms with Gasteiger partial charge in [0, 0.05) is 24.6 Å². The van der Waals surface area contributed by atoms with Crippen LogP contribution in [0, 0.1) is 0 Å². The molecule has 3 rings (SSSR count). The summed E-state index contributed by atoms with van der Waals surface area (Å²) in [5, 5.41) is 3.81. The largest absolute Gasteiger partial charge is 0.497 e. The summed E-state index contributed by atoms with van der Waals surface area (Å²) in [4.78, 5) is 27.3. The van der Waals surface area contributed by atoms with Gasteiger partial charge in [-0.25, -0.2) is 0 Å². The molecule has 0 fully saturated rings. The highest BCUT2D eigenvalue weighted by atomic mass is 16.5. The Bertz CT molecular complexity index is 1030. The van der Waals surface area contributed by atoms with Crippen molar-refractivity contribution in [1.82, 2.24) is 10.3 Å². The molecule has 3 aromatic rings. The molecule has 2 aromatic carbocycles. The van der Waals surface area contributed by atoms with Crippen LogP contribution in [0.3, 0.4) is 0 Å². The number of amides is 1. The van der Waals surface area contributed by atoms with Crippen LogP contribution in [0.5, 0.6) is 11.5 Å². The minimum Gasteiger partial charge on any atom is -0.497 e. The summed E-state index contributed by atoms with van der Waals surface area (Å²) in [6, 6.07) is 15.1. The molecule has 2 N–H and O–H groups in total. The molecular weight excluding hydrogens is 356 g/mol. The lowest BCUT2D eigenvalue weighted by Crippen LogP contribution is -2.27. The van der Waals surface area contributed by atoms with Crippen LogP contribution in [0.1, 0.15) is 17.5 Å². The van der Waals surface area contributed by atoms with Gasteiger partial charge in [0.15, 0.2) is 0 Å². The van der Waals surface area contributed by atoms with Crippen molar-refractivity contribution in [2.75, 3.05) is 20.8 Å². The molecule has 0 unspecified atom stereocenters. The molecular formula is C22H24N2O4. The van der Waals surface area contributed by atoms with Gasteiger partial charge in [-0.1, -0.05) is 18.2 Å². The van der Waals surface area contributed by atoms with E-state index in [2.05, 4.69) is 10.3 Å². The minimum atomic E-state index is -0.149. The third-order valence-electron chi connectivity index (χ3n) is 4.66. The number of methoxy groups -OCH3 is 2. The highest BCUT2D eigenvalue weighted by molar-refractivity contribution is 5.80. The summed E-state index contributed by atoms with van der Waals surface area (Å²) < 4.78 is 10.5. The number of hydrogen-bond donors (Lipinski definition) is 2. The number of ether oxygens (including phenoxy) is 2. The summed E-state index contributed by atoms with van der Waals surface area (Å²) in [6.45, 7) is 0.412. The van der Waals surface area contributed by atoms with Gasteiger partial charge in [-0.15, -0.1) is 0 Å². The lowest BCUT2D eigenvalue weighted by molar-refractivity contribution is -0.121. The average molecular weight is 380 g/mol. The van der Waals surface area contributed by atoms with E-state index in [9.17, 15) is 9.59 Å². The second-order valence-electron chi connectivity index (χ2n) is 6.49. The molecule has 1 heterocycles. The molecule has 1 amide bonds. The number of aromatic nitrogens is 1. The Morgan fingerprint density at radius 2 is 1.82 bits per heavy atom. The number of benzene rings is 2. The van der Waals surface area contributed by atoms with Crippen molar-refractivity contribution < 1.29 is 14.3 Å². The molecule has 28 heavy (non-hydrogen) atoms. The number of fused-ring (bicyclic) bond motifs is 1. The third-order valence-corrected chi connectivity index (χ3v) is 4.66. The van der Waals surface area contributed by atoms with Crippen LogP contribution in [0.4, 0.5) is 0 Å². The number of rotatable bonds is 8. The van der Waals surface area contributed by atoms with Gasteiger partial charge in [0.2, 0.25) is 5.91 Å². The van der Waals surface area contributed by atoms with Crippen molar-refractivity contribution in [2.45, 2.75) is 19.3 Å². The monoisotopic (exact) mass is 380 g/mol. The Kier molecular flexibility index (Phi) is 6.32. The molecule has 0 aliphatic heterocycles. The topological polar surface area (TPSA) is 80.4 Å². The van der Waals surface area contributed by atoms with E-state index < -0.39 is 0 Å². The van der Waals surface area contributed by atoms with Crippen molar-refractivity contribution in [3.05, 3.63) is 70.0 Å². The summed E-state index contributed by atoms with van der Waals surface area (Å²) >= 11 is 0. The van der Waals surface area contributed by atoms with E-state index in [0.29, 0.717) is 37.1 Å². The molecule has 6 nitrogen and oxygen atoms in total. The second-order valence-corrected chi connectivity index (χ2v) is 6.49. The third kappa shape index (κ3) is 4.71. The lowest BCUT2D eigenvalue weighted by Gasteiger charge is -2.09. The van der Waals surface area contributed by atoms with Crippen molar-refractivity contribution in [2.24, 2.45) is 0 Å². The molecule has 0 saturated heterocycles.